The Hall–Kier alpha value is -6.87. The summed E-state index contributed by atoms with van der Waals surface area (Å²) in [5, 5.41) is 35.5. The summed E-state index contributed by atoms with van der Waals surface area (Å²) in [6.07, 6.45) is 6.74. The van der Waals surface area contributed by atoms with Crippen molar-refractivity contribution in [3.63, 3.8) is 0 Å². The monoisotopic (exact) mass is 981 g/mol. The molecule has 2 aromatic carbocycles. The van der Waals surface area contributed by atoms with Gasteiger partial charge in [0.25, 0.3) is 5.91 Å². The van der Waals surface area contributed by atoms with E-state index in [1.807, 2.05) is 60.7 Å². The maximum atomic E-state index is 14.2. The van der Waals surface area contributed by atoms with Gasteiger partial charge in [0.05, 0.1) is 42.0 Å². The van der Waals surface area contributed by atoms with Crippen molar-refractivity contribution >= 4 is 83.9 Å². The molecule has 6 N–H and O–H groups in total. The number of anilines is 1. The minimum atomic E-state index is -1.50. The number of nitrogens with zero attached hydrogens (tertiary/aromatic N) is 5. The van der Waals surface area contributed by atoms with Gasteiger partial charge in [0.2, 0.25) is 11.8 Å². The van der Waals surface area contributed by atoms with Gasteiger partial charge in [-0.3, -0.25) is 29.1 Å². The highest BCUT2D eigenvalue weighted by atomic mass is 32.2. The molecule has 0 fully saturated rings. The third-order valence-corrected chi connectivity index (χ3v) is 14.6. The van der Waals surface area contributed by atoms with Crippen molar-refractivity contribution in [1.29, 1.82) is 0 Å². The number of hydrazone groups is 1. The highest BCUT2D eigenvalue weighted by Crippen LogP contribution is 2.34. The number of pyridine rings is 2. The first-order valence-electron chi connectivity index (χ1n) is 22.9. The number of ether oxygens (including phenoxy) is 1. The van der Waals surface area contributed by atoms with Crippen molar-refractivity contribution in [2.75, 3.05) is 37.3 Å². The number of rotatable bonds is 23. The molecule has 3 atom stereocenters. The number of carboxylic acids is 2. The highest BCUT2D eigenvalue weighted by molar-refractivity contribution is 8.00. The van der Waals surface area contributed by atoms with Gasteiger partial charge in [-0.2, -0.15) is 5.10 Å². The average Bonchev–Trinajstić information content (AvgIpc) is 3.76. The largest absolute Gasteiger partial charge is 0.481 e. The average molecular weight is 982 g/mol. The zero-order valence-corrected chi connectivity index (χ0v) is 40.8. The first-order chi connectivity index (χ1) is 33.0. The molecule has 0 saturated heterocycles. The molecule has 2 unspecified atom stereocenters. The zero-order valence-electron chi connectivity index (χ0n) is 38.9. The molecule has 0 aliphatic carbocycles. The molecule has 0 saturated carbocycles. The lowest BCUT2D eigenvalue weighted by atomic mass is 9.86. The molecule has 2 aromatic heterocycles. The maximum Gasteiger partial charge on any atom is 0.407 e. The van der Waals surface area contributed by atoms with Gasteiger partial charge in [0.1, 0.15) is 6.04 Å². The normalized spacial score (nSPS) is 15.4. The SMILES string of the molecule is C[Si](C)(C)CCOC(=O)N[C@@H](CSC(CC(=O)O)C(=O)NCC(=O)NCCCCCCN1N=C(c2ccc(NC(=O)N3Cc4ccncc4C3)cc2)CC(c2cccc3ncccc23)C1=O)C(=O)O. The van der Waals surface area contributed by atoms with Crippen LogP contribution < -0.4 is 21.3 Å². The third kappa shape index (κ3) is 15.3. The number of thioether (sulfide) groups is 1. The molecular formula is C48H59N9O10SSi. The van der Waals surface area contributed by atoms with E-state index in [0.717, 1.165) is 63.5 Å². The number of fused-ring (bicyclic) bond motifs is 2. The minimum Gasteiger partial charge on any atom is -0.481 e. The van der Waals surface area contributed by atoms with Gasteiger partial charge in [-0.25, -0.2) is 19.4 Å². The van der Waals surface area contributed by atoms with Gasteiger partial charge in [-0.15, -0.1) is 11.8 Å². The molecule has 366 valence electrons. The molecule has 69 heavy (non-hydrogen) atoms. The zero-order chi connectivity index (χ0) is 49.5. The Morgan fingerprint density at radius 3 is 2.41 bits per heavy atom. The van der Waals surface area contributed by atoms with Crippen LogP contribution in [-0.4, -0.2) is 129 Å². The Bertz CT molecular complexity index is 2510. The second kappa shape index (κ2) is 24.4. The number of amides is 6. The number of carboxylic acid groups (broad SMARTS) is 2. The summed E-state index contributed by atoms with van der Waals surface area (Å²) < 4.78 is 5.11. The number of benzene rings is 2. The lowest BCUT2D eigenvalue weighted by Gasteiger charge is -2.30. The van der Waals surface area contributed by atoms with Crippen LogP contribution in [0.25, 0.3) is 10.9 Å². The summed E-state index contributed by atoms with van der Waals surface area (Å²) in [4.78, 5) is 98.7. The quantitative estimate of drug-likeness (QED) is 0.0381. The van der Waals surface area contributed by atoms with E-state index in [2.05, 4.69) is 50.9 Å². The maximum absolute atomic E-state index is 14.2. The lowest BCUT2D eigenvalue weighted by Crippen LogP contribution is -2.45. The molecule has 2 aliphatic rings. The first kappa shape index (κ1) is 51.5. The Morgan fingerprint density at radius 1 is 0.899 bits per heavy atom. The summed E-state index contributed by atoms with van der Waals surface area (Å²) in [5.74, 6) is -4.88. The molecule has 4 heterocycles. The molecule has 21 heteroatoms. The number of alkyl carbamates (subject to hydrolysis) is 1. The standard InChI is InChI=1S/C48H59N9O10SSi/c1-69(2,3)23-22-67-48(66)54-40(46(63)64)30-68-41(25-43(59)60)44(61)52-27-42(58)51-18-6-4-5-7-21-57-45(62)37(35-10-8-12-38-36(35)11-9-19-50-38)24-39(55-57)31-13-15-34(16-14-31)53-47(65)56-28-32-17-20-49-26-33(32)29-56/h8-17,19-20,26,37,40-41H,4-7,18,21-25,27-30H2,1-3H3,(H,51,58)(H,52,61)(H,53,65)(H,54,66)(H,59,60)(H,63,64)/t37?,40-,41?/m0/s1. The molecular weight excluding hydrogens is 923 g/mol. The second-order valence-electron chi connectivity index (χ2n) is 18.1. The number of hydrogen-bond donors (Lipinski definition) is 6. The van der Waals surface area contributed by atoms with Crippen LogP contribution >= 0.6 is 11.8 Å². The molecule has 6 rings (SSSR count). The topological polar surface area (TPSA) is 262 Å². The van der Waals surface area contributed by atoms with Gasteiger partial charge in [0.15, 0.2) is 0 Å². The smallest absolute Gasteiger partial charge is 0.407 e. The molecule has 0 radical (unpaired) electrons. The number of aromatic nitrogens is 2. The van der Waals surface area contributed by atoms with Gasteiger partial charge < -0.3 is 41.1 Å². The van der Waals surface area contributed by atoms with Crippen LogP contribution in [0.3, 0.4) is 0 Å². The highest BCUT2D eigenvalue weighted by Gasteiger charge is 2.34. The third-order valence-electron chi connectivity index (χ3n) is 11.6. The van der Waals surface area contributed by atoms with Gasteiger partial charge in [0, 0.05) is 76.1 Å². The van der Waals surface area contributed by atoms with Gasteiger partial charge in [-0.05, 0) is 71.5 Å². The summed E-state index contributed by atoms with van der Waals surface area (Å²) in [6.45, 7) is 7.67. The second-order valence-corrected chi connectivity index (χ2v) is 24.9. The summed E-state index contributed by atoms with van der Waals surface area (Å²) in [7, 11) is -1.50. The Morgan fingerprint density at radius 2 is 1.67 bits per heavy atom. The minimum absolute atomic E-state index is 0.120. The van der Waals surface area contributed by atoms with E-state index in [0.29, 0.717) is 57.2 Å². The number of hydrogen-bond acceptors (Lipinski definition) is 12. The number of aliphatic carboxylic acids is 2. The predicted octanol–water partition coefficient (Wildman–Crippen LogP) is 5.78. The number of nitrogens with one attached hydrogen (secondary N) is 4. The Labute approximate surface area is 405 Å². The Kier molecular flexibility index (Phi) is 18.2. The van der Waals surface area contributed by atoms with E-state index in [4.69, 9.17) is 9.84 Å². The summed E-state index contributed by atoms with van der Waals surface area (Å²) >= 11 is 0.739. The van der Waals surface area contributed by atoms with Crippen molar-refractivity contribution in [3.05, 3.63) is 102 Å². The fraction of sp³-hybridized carbons (Fsp3) is 0.417. The Balaban J connectivity index is 0.968. The van der Waals surface area contributed by atoms with Crippen LogP contribution in [-0.2, 0) is 41.8 Å². The van der Waals surface area contributed by atoms with Crippen LogP contribution in [0.15, 0.2) is 84.4 Å². The van der Waals surface area contributed by atoms with Gasteiger partial charge >= 0.3 is 24.1 Å². The predicted molar refractivity (Wildman–Crippen MR) is 263 cm³/mol. The van der Waals surface area contributed by atoms with Crippen LogP contribution in [0.2, 0.25) is 25.7 Å². The van der Waals surface area contributed by atoms with E-state index >= 15 is 0 Å². The van der Waals surface area contributed by atoms with Crippen molar-refractivity contribution in [1.82, 2.24) is 35.8 Å². The van der Waals surface area contributed by atoms with Crippen molar-refractivity contribution in [2.45, 2.75) is 94.5 Å². The van der Waals surface area contributed by atoms with Crippen LogP contribution in [0.4, 0.5) is 15.3 Å². The molecule has 4 aromatic rings. The van der Waals surface area contributed by atoms with Crippen LogP contribution in [0.1, 0.15) is 66.7 Å². The molecule has 6 amide bonds. The van der Waals surface area contributed by atoms with E-state index in [-0.39, 0.29) is 24.3 Å². The van der Waals surface area contributed by atoms with Crippen LogP contribution in [0.5, 0.6) is 0 Å². The lowest BCUT2D eigenvalue weighted by molar-refractivity contribution is -0.139. The van der Waals surface area contributed by atoms with Crippen molar-refractivity contribution in [2.24, 2.45) is 5.10 Å². The fourth-order valence-corrected chi connectivity index (χ4v) is 9.60. The van der Waals surface area contributed by atoms with Gasteiger partial charge in [-0.1, -0.05) is 62.8 Å². The molecule has 19 nitrogen and oxygen atoms in total. The molecule has 2 aliphatic heterocycles. The van der Waals surface area contributed by atoms with E-state index < -0.39 is 68.1 Å². The molecule has 0 bridgehead atoms. The number of urea groups is 1. The summed E-state index contributed by atoms with van der Waals surface area (Å²) in [5.41, 5.74) is 5.94. The number of unbranched alkanes of at least 4 members (excludes halogenated alkanes) is 3. The fourth-order valence-electron chi connectivity index (χ4n) is 7.74. The number of carbonyl (C=O) groups excluding carboxylic acids is 5. The summed E-state index contributed by atoms with van der Waals surface area (Å²) in [6, 6.07) is 18.0. The van der Waals surface area contributed by atoms with Crippen molar-refractivity contribution < 1.29 is 48.5 Å². The van der Waals surface area contributed by atoms with E-state index in [1.165, 1.54) is 5.01 Å². The van der Waals surface area contributed by atoms with Crippen molar-refractivity contribution in [3.8, 4) is 0 Å². The van der Waals surface area contributed by atoms with Crippen LogP contribution in [0, 0.1) is 0 Å². The van der Waals surface area contributed by atoms with E-state index in [1.54, 1.807) is 23.5 Å². The molecule has 0 spiro atoms. The van der Waals surface area contributed by atoms with E-state index in [9.17, 15) is 43.8 Å². The number of carbonyl (C=O) groups is 7. The first-order valence-corrected chi connectivity index (χ1v) is 27.6.